The van der Waals surface area contributed by atoms with E-state index in [2.05, 4.69) is 30.9 Å². The molecular weight excluding hydrogens is 358 g/mol. The number of allylic oxidation sites excluding steroid dienone is 5. The van der Waals surface area contributed by atoms with Crippen molar-refractivity contribution in [3.8, 4) is 0 Å². The molecule has 1 unspecified atom stereocenters. The fourth-order valence-corrected chi connectivity index (χ4v) is 5.52. The molecule has 0 spiro atoms. The maximum atomic E-state index is 13.0. The van der Waals surface area contributed by atoms with Crippen LogP contribution in [0.15, 0.2) is 34.4 Å². The highest BCUT2D eigenvalue weighted by atomic mass is 16.5. The van der Waals surface area contributed by atoms with E-state index in [1.54, 1.807) is 11.1 Å². The number of carbonyl (C=O) groups excluding carboxylic acids is 1. The van der Waals surface area contributed by atoms with Crippen molar-refractivity contribution in [1.29, 1.82) is 0 Å². The van der Waals surface area contributed by atoms with Crippen molar-refractivity contribution in [1.82, 2.24) is 4.90 Å². The molecule has 29 heavy (non-hydrogen) atoms. The van der Waals surface area contributed by atoms with E-state index in [-0.39, 0.29) is 5.92 Å². The number of likely N-dealkylation sites (tertiary alicyclic amines) is 1. The first-order chi connectivity index (χ1) is 14.1. The van der Waals surface area contributed by atoms with Gasteiger partial charge in [0, 0.05) is 26.3 Å². The Morgan fingerprint density at radius 3 is 2.41 bits per heavy atom. The highest BCUT2D eigenvalue weighted by Crippen LogP contribution is 2.43. The van der Waals surface area contributed by atoms with Crippen molar-refractivity contribution in [3.63, 3.8) is 0 Å². The van der Waals surface area contributed by atoms with E-state index < -0.39 is 0 Å². The summed E-state index contributed by atoms with van der Waals surface area (Å²) in [5.41, 5.74) is 5.85. The molecule has 162 valence electrons. The summed E-state index contributed by atoms with van der Waals surface area (Å²) in [6, 6.07) is 0. The minimum Gasteiger partial charge on any atom is -0.381 e. The molecule has 2 atom stereocenters. The Hall–Kier alpha value is -1.35. The molecule has 4 rings (SSSR count). The average molecular weight is 400 g/mol. The van der Waals surface area contributed by atoms with Gasteiger partial charge in [-0.15, -0.1) is 0 Å². The van der Waals surface area contributed by atoms with Gasteiger partial charge in [-0.3, -0.25) is 4.79 Å². The Balaban J connectivity index is 0.00000117. The fourth-order valence-electron chi connectivity index (χ4n) is 5.52. The van der Waals surface area contributed by atoms with Gasteiger partial charge in [0.1, 0.15) is 0 Å². The lowest BCUT2D eigenvalue weighted by Gasteiger charge is -2.36. The van der Waals surface area contributed by atoms with Crippen LogP contribution in [0.2, 0.25) is 0 Å². The topological polar surface area (TPSA) is 29.5 Å². The number of rotatable bonds is 3. The van der Waals surface area contributed by atoms with Gasteiger partial charge in [0.2, 0.25) is 5.91 Å². The standard InChI is InChI=1S/C24H35NO2.C2H6/c1-17-5-7-20(19-9-13-27-14-10-19)15-22(17)23-16-21(8-6-18(23)2)24(26)25-11-3-4-12-25;1-2/h6,16,19-21H,3-5,7-15H2,1-2H3;1-2H3/t20?,21-;/m1./s1. The maximum Gasteiger partial charge on any atom is 0.229 e. The quantitative estimate of drug-likeness (QED) is 0.576. The molecule has 0 radical (unpaired) electrons. The van der Waals surface area contributed by atoms with Gasteiger partial charge >= 0.3 is 0 Å². The van der Waals surface area contributed by atoms with E-state index in [4.69, 9.17) is 4.74 Å². The highest BCUT2D eigenvalue weighted by molar-refractivity contribution is 5.82. The summed E-state index contributed by atoms with van der Waals surface area (Å²) in [4.78, 5) is 15.0. The van der Waals surface area contributed by atoms with Gasteiger partial charge in [0.25, 0.3) is 0 Å². The third kappa shape index (κ3) is 5.23. The van der Waals surface area contributed by atoms with Crippen molar-refractivity contribution < 1.29 is 9.53 Å². The molecule has 2 heterocycles. The Morgan fingerprint density at radius 2 is 1.72 bits per heavy atom. The molecule has 2 aliphatic heterocycles. The van der Waals surface area contributed by atoms with Crippen LogP contribution in [0.5, 0.6) is 0 Å². The minimum atomic E-state index is 0.0468. The maximum absolute atomic E-state index is 13.0. The molecule has 0 N–H and O–H groups in total. The molecule has 2 fully saturated rings. The van der Waals surface area contributed by atoms with Gasteiger partial charge in [-0.25, -0.2) is 0 Å². The molecule has 0 bridgehead atoms. The molecule has 3 nitrogen and oxygen atoms in total. The summed E-state index contributed by atoms with van der Waals surface area (Å²) in [7, 11) is 0. The molecule has 2 saturated heterocycles. The third-order valence-electron chi connectivity index (χ3n) is 7.33. The largest absolute Gasteiger partial charge is 0.381 e. The first kappa shape index (κ1) is 22.3. The van der Waals surface area contributed by atoms with Crippen LogP contribution in [-0.4, -0.2) is 37.1 Å². The molecule has 2 aliphatic carbocycles. The Labute approximate surface area is 178 Å². The van der Waals surface area contributed by atoms with Gasteiger partial charge in [0.15, 0.2) is 0 Å². The summed E-state index contributed by atoms with van der Waals surface area (Å²) >= 11 is 0. The number of ether oxygens (including phenoxy) is 1. The van der Waals surface area contributed by atoms with E-state index in [9.17, 15) is 4.79 Å². The van der Waals surface area contributed by atoms with E-state index in [0.717, 1.165) is 44.6 Å². The molecular formula is C26H41NO2. The number of hydrogen-bond donors (Lipinski definition) is 0. The Kier molecular flexibility index (Phi) is 8.17. The second-order valence-corrected chi connectivity index (χ2v) is 9.05. The van der Waals surface area contributed by atoms with E-state index in [1.165, 1.54) is 56.1 Å². The van der Waals surface area contributed by atoms with Crippen LogP contribution in [0.1, 0.15) is 79.1 Å². The van der Waals surface area contributed by atoms with Gasteiger partial charge < -0.3 is 9.64 Å². The molecule has 0 aromatic heterocycles. The van der Waals surface area contributed by atoms with Crippen molar-refractivity contribution >= 4 is 5.91 Å². The van der Waals surface area contributed by atoms with Crippen LogP contribution in [-0.2, 0) is 9.53 Å². The summed E-state index contributed by atoms with van der Waals surface area (Å²) < 4.78 is 5.59. The van der Waals surface area contributed by atoms with E-state index >= 15 is 0 Å². The first-order valence-electron chi connectivity index (χ1n) is 12.1. The van der Waals surface area contributed by atoms with Gasteiger partial charge in [-0.05, 0) is 93.8 Å². The number of carbonyl (C=O) groups is 1. The van der Waals surface area contributed by atoms with Crippen LogP contribution < -0.4 is 0 Å². The minimum absolute atomic E-state index is 0.0468. The zero-order valence-electron chi connectivity index (χ0n) is 19.1. The predicted octanol–water partition coefficient (Wildman–Crippen LogP) is 6.07. The van der Waals surface area contributed by atoms with Crippen LogP contribution in [0.25, 0.3) is 0 Å². The monoisotopic (exact) mass is 399 g/mol. The number of hydrogen-bond acceptors (Lipinski definition) is 2. The normalized spacial score (nSPS) is 28.5. The van der Waals surface area contributed by atoms with Crippen LogP contribution >= 0.6 is 0 Å². The van der Waals surface area contributed by atoms with Crippen LogP contribution in [0.3, 0.4) is 0 Å². The summed E-state index contributed by atoms with van der Waals surface area (Å²) in [6.07, 6.45) is 14.0. The predicted molar refractivity (Wildman–Crippen MR) is 121 cm³/mol. The molecule has 4 aliphatic rings. The number of nitrogens with zero attached hydrogens (tertiary/aromatic N) is 1. The summed E-state index contributed by atoms with van der Waals surface area (Å²) in [5, 5.41) is 0. The third-order valence-corrected chi connectivity index (χ3v) is 7.33. The highest BCUT2D eigenvalue weighted by Gasteiger charge is 2.32. The van der Waals surface area contributed by atoms with E-state index in [1.807, 2.05) is 13.8 Å². The van der Waals surface area contributed by atoms with E-state index in [0.29, 0.717) is 5.91 Å². The SMILES string of the molecule is CC.CC1=CC[C@@H](C(=O)N2CCCC2)C=C1C1=C(C)CCC(C2CCOCC2)C1. The van der Waals surface area contributed by atoms with Gasteiger partial charge in [-0.2, -0.15) is 0 Å². The van der Waals surface area contributed by atoms with Gasteiger partial charge in [-0.1, -0.05) is 31.6 Å². The zero-order chi connectivity index (χ0) is 20.8. The molecule has 0 aromatic rings. The Morgan fingerprint density at radius 1 is 1.03 bits per heavy atom. The van der Waals surface area contributed by atoms with Crippen molar-refractivity contribution in [2.24, 2.45) is 17.8 Å². The lowest BCUT2D eigenvalue weighted by atomic mass is 9.71. The number of amides is 1. The molecule has 0 aromatic carbocycles. The van der Waals surface area contributed by atoms with Gasteiger partial charge in [0.05, 0.1) is 5.92 Å². The molecule has 3 heteroatoms. The van der Waals surface area contributed by atoms with Crippen molar-refractivity contribution in [3.05, 3.63) is 34.4 Å². The summed E-state index contributed by atoms with van der Waals surface area (Å²) in [6.45, 7) is 12.3. The van der Waals surface area contributed by atoms with Crippen LogP contribution in [0, 0.1) is 17.8 Å². The zero-order valence-corrected chi connectivity index (χ0v) is 19.1. The fraction of sp³-hybridized carbons (Fsp3) is 0.731. The molecule has 0 saturated carbocycles. The van der Waals surface area contributed by atoms with Crippen molar-refractivity contribution in [2.75, 3.05) is 26.3 Å². The lowest BCUT2D eigenvalue weighted by Crippen LogP contribution is -2.34. The van der Waals surface area contributed by atoms with Crippen LogP contribution in [0.4, 0.5) is 0 Å². The molecule has 1 amide bonds. The summed E-state index contributed by atoms with van der Waals surface area (Å²) in [5.74, 6) is 2.00. The van der Waals surface area contributed by atoms with Crippen molar-refractivity contribution in [2.45, 2.75) is 79.1 Å². The average Bonchev–Trinajstić information content (AvgIpc) is 3.31. The Bertz CT molecular complexity index is 660. The second kappa shape index (κ2) is 10.6. The lowest BCUT2D eigenvalue weighted by molar-refractivity contribution is -0.132. The first-order valence-corrected chi connectivity index (χ1v) is 12.1. The smallest absolute Gasteiger partial charge is 0.229 e. The second-order valence-electron chi connectivity index (χ2n) is 9.05.